The molecule has 9 heteroatoms. The molecule has 3 rings (SSSR count). The van der Waals surface area contributed by atoms with Crippen molar-refractivity contribution in [1.29, 1.82) is 0 Å². The number of amides is 2. The lowest BCUT2D eigenvalue weighted by Crippen LogP contribution is -2.32. The summed E-state index contributed by atoms with van der Waals surface area (Å²) in [7, 11) is 1.24. The molecule has 7 nitrogen and oxygen atoms in total. The number of carboxylic acid groups (broad SMARTS) is 1. The lowest BCUT2D eigenvalue weighted by atomic mass is 10.1. The smallest absolute Gasteiger partial charge is 0.341 e. The topological polar surface area (TPSA) is 104 Å². The van der Waals surface area contributed by atoms with Crippen LogP contribution < -0.4 is 10.0 Å². The minimum atomic E-state index is -1.35. The van der Waals surface area contributed by atoms with E-state index < -0.39 is 29.0 Å². The van der Waals surface area contributed by atoms with Crippen LogP contribution in [0, 0.1) is 13.8 Å². The Balaban J connectivity index is 1.95. The predicted octanol–water partition coefficient (Wildman–Crippen LogP) is 1.94. The molecule has 1 saturated heterocycles. The Morgan fingerprint density at radius 1 is 1.25 bits per heavy atom. The highest BCUT2D eigenvalue weighted by atomic mass is 32.2. The number of hydrogen-bond donors (Lipinski definition) is 0. The number of carbonyl (C=O) groups excluding carboxylic acids is 4. The first-order valence-corrected chi connectivity index (χ1v) is 9.98. The number of nitrogens with zero attached hydrogens (tertiary/aromatic N) is 1. The second-order valence-electron chi connectivity index (χ2n) is 6.12. The van der Waals surface area contributed by atoms with Gasteiger partial charge < -0.3 is 14.6 Å². The van der Waals surface area contributed by atoms with E-state index in [1.165, 1.54) is 24.5 Å². The Morgan fingerprint density at radius 2 is 1.93 bits per heavy atom. The average molecular weight is 418 g/mol. The van der Waals surface area contributed by atoms with Crippen LogP contribution in [0.1, 0.15) is 37.6 Å². The van der Waals surface area contributed by atoms with Crippen LogP contribution in [-0.2, 0) is 14.3 Å². The third-order valence-corrected chi connectivity index (χ3v) is 6.90. The molecule has 1 aromatic carbocycles. The molecule has 1 aromatic heterocycles. The van der Waals surface area contributed by atoms with E-state index in [1.807, 2.05) is 0 Å². The Morgan fingerprint density at radius 3 is 2.57 bits per heavy atom. The molecular weight excluding hydrogens is 402 g/mol. The zero-order chi connectivity index (χ0) is 20.6. The summed E-state index contributed by atoms with van der Waals surface area (Å²) >= 11 is 2.18. The molecule has 0 radical (unpaired) electrons. The summed E-state index contributed by atoms with van der Waals surface area (Å²) in [4.78, 5) is 51.2. The van der Waals surface area contributed by atoms with Gasteiger partial charge in [-0.05, 0) is 25.5 Å². The van der Waals surface area contributed by atoms with Crippen molar-refractivity contribution in [1.82, 2.24) is 0 Å². The third kappa shape index (κ3) is 3.43. The van der Waals surface area contributed by atoms with Crippen LogP contribution in [0.5, 0.6) is 0 Å². The number of imide groups is 1. The van der Waals surface area contributed by atoms with Gasteiger partial charge in [0.2, 0.25) is 11.8 Å². The number of thioether (sulfide) groups is 1. The zero-order valence-electron chi connectivity index (χ0n) is 15.3. The van der Waals surface area contributed by atoms with E-state index in [0.717, 1.165) is 21.5 Å². The van der Waals surface area contributed by atoms with Crippen LogP contribution in [0.3, 0.4) is 0 Å². The van der Waals surface area contributed by atoms with E-state index in [-0.39, 0.29) is 22.5 Å². The maximum atomic E-state index is 13.0. The van der Waals surface area contributed by atoms with E-state index >= 15 is 0 Å². The first kappa shape index (κ1) is 20.1. The number of ether oxygens (including phenoxy) is 1. The molecule has 0 spiro atoms. The van der Waals surface area contributed by atoms with Crippen molar-refractivity contribution in [3.63, 3.8) is 0 Å². The molecule has 2 amide bonds. The van der Waals surface area contributed by atoms with Crippen LogP contribution in [0.4, 0.5) is 5.00 Å². The first-order chi connectivity index (χ1) is 13.3. The standard InChI is InChI=1S/C19H17NO6S2/c1-9-10(2)27-17(15(9)19(25)26-3)20-14(21)8-13(16(20)22)28-12-7-5-4-6-11(12)18(23)24/h4-7,13H,8H2,1-3H3,(H,23,24)/p-1/t13-/m0/s1. The van der Waals surface area contributed by atoms with Crippen molar-refractivity contribution < 1.29 is 29.0 Å². The number of rotatable bonds is 5. The quantitative estimate of drug-likeness (QED) is 0.540. The molecule has 146 valence electrons. The van der Waals surface area contributed by atoms with E-state index in [9.17, 15) is 24.3 Å². The van der Waals surface area contributed by atoms with Crippen LogP contribution in [0.15, 0.2) is 29.2 Å². The molecule has 1 atom stereocenters. The van der Waals surface area contributed by atoms with Crippen molar-refractivity contribution >= 4 is 51.9 Å². The highest BCUT2D eigenvalue weighted by molar-refractivity contribution is 8.00. The fourth-order valence-corrected chi connectivity index (χ4v) is 5.25. The maximum Gasteiger partial charge on any atom is 0.341 e. The van der Waals surface area contributed by atoms with Gasteiger partial charge in [0.05, 0.1) is 23.9 Å². The molecule has 2 aromatic rings. The van der Waals surface area contributed by atoms with Crippen LogP contribution in [0.2, 0.25) is 0 Å². The van der Waals surface area contributed by atoms with Crippen molar-refractivity contribution in [2.75, 3.05) is 12.0 Å². The number of methoxy groups -OCH3 is 1. The minimum Gasteiger partial charge on any atom is -0.545 e. The van der Waals surface area contributed by atoms with Crippen LogP contribution >= 0.6 is 23.1 Å². The maximum absolute atomic E-state index is 13.0. The Bertz CT molecular complexity index is 996. The summed E-state index contributed by atoms with van der Waals surface area (Å²) in [6.07, 6.45) is -0.0957. The second kappa shape index (κ2) is 7.76. The molecule has 0 unspecified atom stereocenters. The van der Waals surface area contributed by atoms with Gasteiger partial charge in [0.25, 0.3) is 0 Å². The van der Waals surface area contributed by atoms with E-state index in [1.54, 1.807) is 32.0 Å². The highest BCUT2D eigenvalue weighted by Crippen LogP contribution is 2.41. The summed E-state index contributed by atoms with van der Waals surface area (Å²) in [6.45, 7) is 3.53. The molecular formula is C19H16NO6S2-. The Labute approximate surface area is 169 Å². The number of aromatic carboxylic acids is 1. The van der Waals surface area contributed by atoms with Gasteiger partial charge >= 0.3 is 5.97 Å². The SMILES string of the molecule is COC(=O)c1c(N2C(=O)C[C@H](Sc3ccccc3C(=O)[O-])C2=O)sc(C)c1C. The number of carboxylic acids is 1. The van der Waals surface area contributed by atoms with Crippen molar-refractivity contribution in [3.8, 4) is 0 Å². The summed E-state index contributed by atoms with van der Waals surface area (Å²) in [6, 6.07) is 6.16. The average Bonchev–Trinajstić information content (AvgIpc) is 3.10. The molecule has 0 N–H and O–H groups in total. The molecule has 2 heterocycles. The number of hydrogen-bond acceptors (Lipinski definition) is 8. The van der Waals surface area contributed by atoms with E-state index in [2.05, 4.69) is 0 Å². The fraction of sp³-hybridized carbons (Fsp3) is 0.263. The molecule has 0 bridgehead atoms. The number of anilines is 1. The summed E-state index contributed by atoms with van der Waals surface area (Å²) < 4.78 is 4.81. The van der Waals surface area contributed by atoms with Gasteiger partial charge in [-0.15, -0.1) is 23.1 Å². The van der Waals surface area contributed by atoms with Gasteiger partial charge in [-0.3, -0.25) is 9.59 Å². The van der Waals surface area contributed by atoms with Crippen molar-refractivity contribution in [2.45, 2.75) is 30.4 Å². The number of aryl methyl sites for hydroxylation is 1. The molecule has 0 saturated carbocycles. The summed E-state index contributed by atoms with van der Waals surface area (Å²) in [5.74, 6) is -2.90. The lowest BCUT2D eigenvalue weighted by molar-refractivity contribution is -0.255. The predicted molar refractivity (Wildman–Crippen MR) is 103 cm³/mol. The normalized spacial score (nSPS) is 16.5. The largest absolute Gasteiger partial charge is 0.545 e. The fourth-order valence-electron chi connectivity index (χ4n) is 2.91. The van der Waals surface area contributed by atoms with E-state index in [4.69, 9.17) is 4.74 Å². The number of esters is 1. The Hall–Kier alpha value is -2.65. The van der Waals surface area contributed by atoms with Gasteiger partial charge in [-0.1, -0.05) is 18.2 Å². The molecule has 0 aliphatic carbocycles. The molecule has 28 heavy (non-hydrogen) atoms. The zero-order valence-corrected chi connectivity index (χ0v) is 16.9. The highest BCUT2D eigenvalue weighted by Gasteiger charge is 2.43. The lowest BCUT2D eigenvalue weighted by Gasteiger charge is -2.16. The minimum absolute atomic E-state index is 0.0377. The van der Waals surface area contributed by atoms with E-state index in [0.29, 0.717) is 10.5 Å². The summed E-state index contributed by atoms with van der Waals surface area (Å²) in [5, 5.41) is 10.7. The Kier molecular flexibility index (Phi) is 5.57. The number of thiophene rings is 1. The van der Waals surface area contributed by atoms with Crippen LogP contribution in [0.25, 0.3) is 0 Å². The summed E-state index contributed by atoms with van der Waals surface area (Å²) in [5.41, 5.74) is 0.822. The van der Waals surface area contributed by atoms with Crippen molar-refractivity contribution in [3.05, 3.63) is 45.8 Å². The number of carbonyl (C=O) groups is 4. The number of benzene rings is 1. The second-order valence-corrected chi connectivity index (χ2v) is 8.56. The molecule has 1 aliphatic heterocycles. The van der Waals surface area contributed by atoms with Gasteiger partial charge in [-0.2, -0.15) is 0 Å². The monoisotopic (exact) mass is 418 g/mol. The first-order valence-electron chi connectivity index (χ1n) is 8.28. The molecule has 1 fully saturated rings. The van der Waals surface area contributed by atoms with Gasteiger partial charge in [-0.25, -0.2) is 9.69 Å². The van der Waals surface area contributed by atoms with Gasteiger partial charge in [0.15, 0.2) is 0 Å². The van der Waals surface area contributed by atoms with Crippen molar-refractivity contribution in [2.24, 2.45) is 0 Å². The third-order valence-electron chi connectivity index (χ3n) is 4.44. The molecule has 1 aliphatic rings. The van der Waals surface area contributed by atoms with Crippen LogP contribution in [-0.4, -0.2) is 36.1 Å². The van der Waals surface area contributed by atoms with Gasteiger partial charge in [0, 0.05) is 21.8 Å². The van der Waals surface area contributed by atoms with Gasteiger partial charge in [0.1, 0.15) is 5.00 Å².